The second-order valence-electron chi connectivity index (χ2n) is 5.77. The van der Waals surface area contributed by atoms with E-state index in [0.29, 0.717) is 11.2 Å². The predicted molar refractivity (Wildman–Crippen MR) is 78.1 cm³/mol. The number of benzene rings is 1. The van der Waals surface area contributed by atoms with Crippen LogP contribution in [0.1, 0.15) is 19.4 Å². The zero-order valence-electron chi connectivity index (χ0n) is 12.3. The van der Waals surface area contributed by atoms with E-state index in [1.54, 1.807) is 12.1 Å². The highest BCUT2D eigenvalue weighted by molar-refractivity contribution is 6.59. The number of nitrogens with zero attached hydrogens (tertiary/aromatic N) is 1. The fourth-order valence-corrected chi connectivity index (χ4v) is 2.59. The van der Waals surface area contributed by atoms with Gasteiger partial charge in [-0.25, -0.2) is 0 Å². The van der Waals surface area contributed by atoms with E-state index in [2.05, 4.69) is 18.7 Å². The molecule has 6 heteroatoms. The van der Waals surface area contributed by atoms with Gasteiger partial charge in [0.15, 0.2) is 0 Å². The summed E-state index contributed by atoms with van der Waals surface area (Å²) in [6, 6.07) is 5.51. The number of ether oxygens (including phenoxy) is 2. The van der Waals surface area contributed by atoms with Crippen molar-refractivity contribution >= 4 is 12.6 Å². The van der Waals surface area contributed by atoms with Crippen LogP contribution in [0.25, 0.3) is 0 Å². The van der Waals surface area contributed by atoms with E-state index in [1.165, 1.54) is 7.11 Å². The standard InChI is InChI=1S/C14H22BNO4/c1-14(2)10-16(6-7-20-14)9-11-4-5-13(19-3)12(8-11)15(17)18/h4-5,8,17-18H,6-7,9-10H2,1-3H3. The molecule has 1 aromatic rings. The molecule has 0 radical (unpaired) electrons. The molecular weight excluding hydrogens is 257 g/mol. The lowest BCUT2D eigenvalue weighted by atomic mass is 9.78. The Hall–Kier alpha value is -1.08. The molecule has 2 rings (SSSR count). The summed E-state index contributed by atoms with van der Waals surface area (Å²) < 4.78 is 10.8. The van der Waals surface area contributed by atoms with Crippen molar-refractivity contribution in [3.63, 3.8) is 0 Å². The van der Waals surface area contributed by atoms with E-state index in [4.69, 9.17) is 9.47 Å². The topological polar surface area (TPSA) is 62.2 Å². The van der Waals surface area contributed by atoms with Gasteiger partial charge in [-0.15, -0.1) is 0 Å². The summed E-state index contributed by atoms with van der Waals surface area (Å²) in [5.74, 6) is 0.492. The van der Waals surface area contributed by atoms with E-state index in [9.17, 15) is 10.0 Å². The third-order valence-corrected chi connectivity index (χ3v) is 3.48. The Bertz CT molecular complexity index is 464. The number of rotatable bonds is 4. The van der Waals surface area contributed by atoms with Crippen molar-refractivity contribution < 1.29 is 19.5 Å². The fourth-order valence-electron chi connectivity index (χ4n) is 2.59. The Morgan fingerprint density at radius 1 is 1.40 bits per heavy atom. The van der Waals surface area contributed by atoms with Crippen LogP contribution in [-0.2, 0) is 11.3 Å². The average Bonchev–Trinajstić information content (AvgIpc) is 2.37. The molecule has 1 aliphatic rings. The van der Waals surface area contributed by atoms with Gasteiger partial charge in [0.2, 0.25) is 0 Å². The molecule has 110 valence electrons. The minimum absolute atomic E-state index is 0.135. The zero-order valence-corrected chi connectivity index (χ0v) is 12.3. The summed E-state index contributed by atoms with van der Waals surface area (Å²) in [5.41, 5.74) is 1.30. The predicted octanol–water partition coefficient (Wildman–Crippen LogP) is -0.0142. The van der Waals surface area contributed by atoms with Crippen LogP contribution in [0.5, 0.6) is 5.75 Å². The van der Waals surface area contributed by atoms with Crippen molar-refractivity contribution in [2.24, 2.45) is 0 Å². The summed E-state index contributed by atoms with van der Waals surface area (Å²) in [7, 11) is -0.00297. The molecule has 0 bridgehead atoms. The molecule has 5 nitrogen and oxygen atoms in total. The van der Waals surface area contributed by atoms with Gasteiger partial charge >= 0.3 is 7.12 Å². The SMILES string of the molecule is COc1ccc(CN2CCOC(C)(C)C2)cc1B(O)O. The normalized spacial score (nSPS) is 18.9. The van der Waals surface area contributed by atoms with Crippen molar-refractivity contribution in [3.05, 3.63) is 23.8 Å². The highest BCUT2D eigenvalue weighted by Crippen LogP contribution is 2.19. The fraction of sp³-hybridized carbons (Fsp3) is 0.571. The van der Waals surface area contributed by atoms with Crippen LogP contribution in [0, 0.1) is 0 Å². The molecule has 0 amide bonds. The molecule has 1 saturated heterocycles. The summed E-state index contributed by atoms with van der Waals surface area (Å²) >= 11 is 0. The molecule has 1 fully saturated rings. The molecule has 0 aromatic heterocycles. The molecule has 1 heterocycles. The molecule has 20 heavy (non-hydrogen) atoms. The van der Waals surface area contributed by atoms with Crippen molar-refractivity contribution in [3.8, 4) is 5.75 Å². The van der Waals surface area contributed by atoms with Crippen molar-refractivity contribution in [1.82, 2.24) is 4.90 Å². The number of methoxy groups -OCH3 is 1. The largest absolute Gasteiger partial charge is 0.497 e. The van der Waals surface area contributed by atoms with E-state index in [0.717, 1.165) is 31.8 Å². The maximum atomic E-state index is 9.39. The first-order valence-corrected chi connectivity index (χ1v) is 6.80. The monoisotopic (exact) mass is 279 g/mol. The number of hydrogen-bond donors (Lipinski definition) is 2. The van der Waals surface area contributed by atoms with Gasteiger partial charge in [-0.05, 0) is 25.5 Å². The maximum Gasteiger partial charge on any atom is 0.492 e. The average molecular weight is 279 g/mol. The number of hydrogen-bond acceptors (Lipinski definition) is 5. The lowest BCUT2D eigenvalue weighted by molar-refractivity contribution is -0.0882. The summed E-state index contributed by atoms with van der Waals surface area (Å²) in [4.78, 5) is 2.30. The van der Waals surface area contributed by atoms with Crippen molar-refractivity contribution in [2.45, 2.75) is 26.0 Å². The molecule has 0 unspecified atom stereocenters. The van der Waals surface area contributed by atoms with Gasteiger partial charge in [-0.2, -0.15) is 0 Å². The Labute approximate surface area is 120 Å². The van der Waals surface area contributed by atoms with E-state index in [1.807, 2.05) is 6.07 Å². The second-order valence-corrected chi connectivity index (χ2v) is 5.77. The number of morpholine rings is 1. The van der Waals surface area contributed by atoms with Crippen molar-refractivity contribution in [2.75, 3.05) is 26.8 Å². The lowest BCUT2D eigenvalue weighted by Gasteiger charge is -2.38. The molecule has 1 aliphatic heterocycles. The Morgan fingerprint density at radius 2 is 2.15 bits per heavy atom. The van der Waals surface area contributed by atoms with Crippen LogP contribution in [0.4, 0.5) is 0 Å². The summed E-state index contributed by atoms with van der Waals surface area (Å²) in [6.07, 6.45) is 0. The van der Waals surface area contributed by atoms with Crippen LogP contribution < -0.4 is 10.2 Å². The third-order valence-electron chi connectivity index (χ3n) is 3.48. The van der Waals surface area contributed by atoms with E-state index in [-0.39, 0.29) is 5.60 Å². The highest BCUT2D eigenvalue weighted by Gasteiger charge is 2.27. The summed E-state index contributed by atoms with van der Waals surface area (Å²) in [5, 5.41) is 18.8. The third kappa shape index (κ3) is 3.73. The van der Waals surface area contributed by atoms with Crippen LogP contribution in [0.2, 0.25) is 0 Å². The summed E-state index contributed by atoms with van der Waals surface area (Å²) in [6.45, 7) is 7.38. The van der Waals surface area contributed by atoms with Crippen LogP contribution in [-0.4, -0.2) is 54.5 Å². The highest BCUT2D eigenvalue weighted by atomic mass is 16.5. The Balaban J connectivity index is 2.11. The molecule has 0 spiro atoms. The van der Waals surface area contributed by atoms with Crippen LogP contribution >= 0.6 is 0 Å². The lowest BCUT2D eigenvalue weighted by Crippen LogP contribution is -2.47. The molecule has 0 atom stereocenters. The van der Waals surface area contributed by atoms with Gasteiger partial charge in [0.25, 0.3) is 0 Å². The van der Waals surface area contributed by atoms with Gasteiger partial charge in [0.05, 0.1) is 19.3 Å². The van der Waals surface area contributed by atoms with Gasteiger partial charge in [0.1, 0.15) is 5.75 Å². The smallest absolute Gasteiger partial charge is 0.492 e. The van der Waals surface area contributed by atoms with Crippen LogP contribution in [0.3, 0.4) is 0 Å². The molecule has 1 aromatic carbocycles. The quantitative estimate of drug-likeness (QED) is 0.759. The minimum atomic E-state index is -1.52. The minimum Gasteiger partial charge on any atom is -0.497 e. The molecule has 0 aliphatic carbocycles. The zero-order chi connectivity index (χ0) is 14.8. The van der Waals surface area contributed by atoms with Crippen LogP contribution in [0.15, 0.2) is 18.2 Å². The maximum absolute atomic E-state index is 9.39. The van der Waals surface area contributed by atoms with Gasteiger partial charge < -0.3 is 19.5 Å². The first kappa shape index (κ1) is 15.3. The first-order chi connectivity index (χ1) is 9.41. The van der Waals surface area contributed by atoms with Gasteiger partial charge in [0, 0.05) is 25.1 Å². The Morgan fingerprint density at radius 3 is 2.75 bits per heavy atom. The van der Waals surface area contributed by atoms with Crippen molar-refractivity contribution in [1.29, 1.82) is 0 Å². The Kier molecular flexibility index (Phi) is 4.70. The van der Waals surface area contributed by atoms with Gasteiger partial charge in [-0.1, -0.05) is 12.1 Å². The molecule has 0 saturated carbocycles. The first-order valence-electron chi connectivity index (χ1n) is 6.80. The van der Waals surface area contributed by atoms with E-state index >= 15 is 0 Å². The van der Waals surface area contributed by atoms with E-state index < -0.39 is 7.12 Å². The second kappa shape index (κ2) is 6.14. The molecular formula is C14H22BNO4. The molecule has 2 N–H and O–H groups in total. The van der Waals surface area contributed by atoms with Gasteiger partial charge in [-0.3, -0.25) is 4.90 Å².